The Labute approximate surface area is 127 Å². The second-order valence-corrected chi connectivity index (χ2v) is 6.27. The van der Waals surface area contributed by atoms with Gasteiger partial charge >= 0.3 is 0 Å². The van der Waals surface area contributed by atoms with Crippen LogP contribution in [-0.2, 0) is 13.0 Å². The van der Waals surface area contributed by atoms with Crippen molar-refractivity contribution in [3.63, 3.8) is 0 Å². The average Bonchev–Trinajstić information content (AvgIpc) is 3.16. The fourth-order valence-electron chi connectivity index (χ4n) is 2.00. The zero-order chi connectivity index (χ0) is 13.6. The lowest BCUT2D eigenvalue weighted by atomic mass is 10.2. The van der Waals surface area contributed by atoms with Gasteiger partial charge in [0.2, 0.25) is 0 Å². The second kappa shape index (κ2) is 6.79. The minimum Gasteiger partial charge on any atom is -0.310 e. The van der Waals surface area contributed by atoms with E-state index in [0.29, 0.717) is 0 Å². The topological polar surface area (TPSA) is 24.9 Å². The van der Waals surface area contributed by atoms with Crippen LogP contribution in [0.5, 0.6) is 0 Å². The SMILES string of the molecule is c1ccc(-c2csc(CNCCc3ccsc3)n2)cc1. The third-order valence-electron chi connectivity index (χ3n) is 3.07. The van der Waals surface area contributed by atoms with Gasteiger partial charge in [0.15, 0.2) is 0 Å². The maximum absolute atomic E-state index is 4.67. The van der Waals surface area contributed by atoms with E-state index in [0.717, 1.165) is 30.2 Å². The first-order valence-corrected chi connectivity index (χ1v) is 8.46. The Balaban J connectivity index is 1.50. The van der Waals surface area contributed by atoms with Gasteiger partial charge in [0.25, 0.3) is 0 Å². The summed E-state index contributed by atoms with van der Waals surface area (Å²) < 4.78 is 0. The van der Waals surface area contributed by atoms with Crippen molar-refractivity contribution in [3.05, 3.63) is 63.1 Å². The molecule has 2 heterocycles. The van der Waals surface area contributed by atoms with Gasteiger partial charge in [-0.1, -0.05) is 30.3 Å². The zero-order valence-electron chi connectivity index (χ0n) is 11.1. The molecule has 0 aliphatic heterocycles. The summed E-state index contributed by atoms with van der Waals surface area (Å²) in [7, 11) is 0. The molecule has 4 heteroatoms. The molecule has 0 fully saturated rings. The molecule has 2 nitrogen and oxygen atoms in total. The molecule has 0 aliphatic rings. The molecule has 0 bridgehead atoms. The van der Waals surface area contributed by atoms with Crippen molar-refractivity contribution >= 4 is 22.7 Å². The Kier molecular flexibility index (Phi) is 4.58. The van der Waals surface area contributed by atoms with Crippen molar-refractivity contribution in [3.8, 4) is 11.3 Å². The van der Waals surface area contributed by atoms with Crippen molar-refractivity contribution in [2.45, 2.75) is 13.0 Å². The smallest absolute Gasteiger partial charge is 0.107 e. The highest BCUT2D eigenvalue weighted by atomic mass is 32.1. The molecule has 2 aromatic heterocycles. The lowest BCUT2D eigenvalue weighted by Crippen LogP contribution is -2.16. The molecule has 0 saturated heterocycles. The van der Waals surface area contributed by atoms with E-state index >= 15 is 0 Å². The van der Waals surface area contributed by atoms with Gasteiger partial charge in [0.05, 0.1) is 5.69 Å². The summed E-state index contributed by atoms with van der Waals surface area (Å²) in [5, 5.41) is 11.1. The van der Waals surface area contributed by atoms with Crippen LogP contribution >= 0.6 is 22.7 Å². The molecule has 3 rings (SSSR count). The number of thiazole rings is 1. The molecule has 1 aromatic carbocycles. The summed E-state index contributed by atoms with van der Waals surface area (Å²) in [6.45, 7) is 1.85. The molecule has 1 N–H and O–H groups in total. The molecule has 3 aromatic rings. The molecule has 0 amide bonds. The van der Waals surface area contributed by atoms with Crippen LogP contribution in [0, 0.1) is 0 Å². The number of thiophene rings is 1. The van der Waals surface area contributed by atoms with E-state index in [1.165, 1.54) is 11.1 Å². The van der Waals surface area contributed by atoms with E-state index in [2.05, 4.69) is 44.6 Å². The molecule has 0 unspecified atom stereocenters. The van der Waals surface area contributed by atoms with E-state index in [9.17, 15) is 0 Å². The minimum atomic E-state index is 0.849. The van der Waals surface area contributed by atoms with Gasteiger partial charge in [-0.05, 0) is 35.4 Å². The van der Waals surface area contributed by atoms with Crippen LogP contribution in [0.3, 0.4) is 0 Å². The van der Waals surface area contributed by atoms with E-state index < -0.39 is 0 Å². The number of nitrogens with one attached hydrogen (secondary N) is 1. The van der Waals surface area contributed by atoms with Crippen LogP contribution in [0.25, 0.3) is 11.3 Å². The number of hydrogen-bond acceptors (Lipinski definition) is 4. The Morgan fingerprint density at radius 3 is 2.75 bits per heavy atom. The van der Waals surface area contributed by atoms with Gasteiger partial charge in [-0.15, -0.1) is 11.3 Å². The maximum atomic E-state index is 4.67. The highest BCUT2D eigenvalue weighted by Gasteiger charge is 2.03. The van der Waals surface area contributed by atoms with Gasteiger partial charge in [-0.25, -0.2) is 4.98 Å². The number of aromatic nitrogens is 1. The largest absolute Gasteiger partial charge is 0.310 e. The predicted molar refractivity (Wildman–Crippen MR) is 87.3 cm³/mol. The van der Waals surface area contributed by atoms with E-state index in [1.807, 2.05) is 18.2 Å². The first kappa shape index (κ1) is 13.5. The predicted octanol–water partition coefficient (Wildman–Crippen LogP) is 4.20. The first-order chi connectivity index (χ1) is 9.92. The quantitative estimate of drug-likeness (QED) is 0.690. The Morgan fingerprint density at radius 2 is 1.95 bits per heavy atom. The summed E-state index contributed by atoms with van der Waals surface area (Å²) >= 11 is 3.48. The van der Waals surface area contributed by atoms with Crippen LogP contribution in [0.2, 0.25) is 0 Å². The van der Waals surface area contributed by atoms with Gasteiger partial charge in [-0.2, -0.15) is 11.3 Å². The van der Waals surface area contributed by atoms with Crippen LogP contribution in [-0.4, -0.2) is 11.5 Å². The number of rotatable bonds is 6. The average molecular weight is 300 g/mol. The number of benzene rings is 1. The van der Waals surface area contributed by atoms with Crippen LogP contribution < -0.4 is 5.32 Å². The van der Waals surface area contributed by atoms with Crippen LogP contribution in [0.1, 0.15) is 10.6 Å². The Bertz CT molecular complexity index is 630. The zero-order valence-corrected chi connectivity index (χ0v) is 12.7. The highest BCUT2D eigenvalue weighted by Crippen LogP contribution is 2.21. The number of nitrogens with zero attached hydrogens (tertiary/aromatic N) is 1. The molecule has 0 radical (unpaired) electrons. The van der Waals surface area contributed by atoms with E-state index in [1.54, 1.807) is 22.7 Å². The standard InChI is InChI=1S/C16H16N2S2/c1-2-4-14(5-3-1)15-12-20-16(18-15)10-17-8-6-13-7-9-19-11-13/h1-5,7,9,11-12,17H,6,8,10H2. The minimum absolute atomic E-state index is 0.849. The maximum Gasteiger partial charge on any atom is 0.107 e. The summed E-state index contributed by atoms with van der Waals surface area (Å²) in [5.74, 6) is 0. The Hall–Kier alpha value is -1.49. The monoisotopic (exact) mass is 300 g/mol. The van der Waals surface area contributed by atoms with E-state index in [-0.39, 0.29) is 0 Å². The molecule has 0 atom stereocenters. The molecule has 102 valence electrons. The number of hydrogen-bond donors (Lipinski definition) is 1. The molecule has 20 heavy (non-hydrogen) atoms. The van der Waals surface area contributed by atoms with Crippen LogP contribution in [0.4, 0.5) is 0 Å². The highest BCUT2D eigenvalue weighted by molar-refractivity contribution is 7.10. The van der Waals surface area contributed by atoms with E-state index in [4.69, 9.17) is 0 Å². The fourth-order valence-corrected chi connectivity index (χ4v) is 3.47. The molecule has 0 saturated carbocycles. The van der Waals surface area contributed by atoms with Gasteiger partial charge in [0, 0.05) is 17.5 Å². The van der Waals surface area contributed by atoms with Crippen molar-refractivity contribution in [2.24, 2.45) is 0 Å². The third-order valence-corrected chi connectivity index (χ3v) is 4.65. The lowest BCUT2D eigenvalue weighted by Gasteiger charge is -2.01. The molecule has 0 spiro atoms. The molecular weight excluding hydrogens is 284 g/mol. The first-order valence-electron chi connectivity index (χ1n) is 6.63. The van der Waals surface area contributed by atoms with Crippen molar-refractivity contribution in [2.75, 3.05) is 6.54 Å². The molecular formula is C16H16N2S2. The third kappa shape index (κ3) is 3.54. The summed E-state index contributed by atoms with van der Waals surface area (Å²) in [6.07, 6.45) is 1.08. The van der Waals surface area contributed by atoms with Gasteiger partial charge < -0.3 is 5.32 Å². The summed E-state index contributed by atoms with van der Waals surface area (Å²) in [5.41, 5.74) is 3.67. The van der Waals surface area contributed by atoms with Crippen molar-refractivity contribution in [1.82, 2.24) is 10.3 Å². The summed E-state index contributed by atoms with van der Waals surface area (Å²) in [4.78, 5) is 4.67. The van der Waals surface area contributed by atoms with Crippen molar-refractivity contribution < 1.29 is 0 Å². The van der Waals surface area contributed by atoms with Gasteiger partial charge in [-0.3, -0.25) is 0 Å². The van der Waals surface area contributed by atoms with Crippen molar-refractivity contribution in [1.29, 1.82) is 0 Å². The van der Waals surface area contributed by atoms with Gasteiger partial charge in [0.1, 0.15) is 5.01 Å². The van der Waals surface area contributed by atoms with Crippen LogP contribution in [0.15, 0.2) is 52.5 Å². The summed E-state index contributed by atoms with van der Waals surface area (Å²) in [6, 6.07) is 12.5. The fraction of sp³-hybridized carbons (Fsp3) is 0.188. The normalized spacial score (nSPS) is 10.8. The molecule has 0 aliphatic carbocycles. The Morgan fingerprint density at radius 1 is 1.05 bits per heavy atom. The lowest BCUT2D eigenvalue weighted by molar-refractivity contribution is 0.685. The second-order valence-electron chi connectivity index (χ2n) is 4.55.